The van der Waals surface area contributed by atoms with E-state index in [1.165, 1.54) is 6.20 Å². The van der Waals surface area contributed by atoms with Crippen LogP contribution >= 0.6 is 0 Å². The van der Waals surface area contributed by atoms with Gasteiger partial charge in [0.2, 0.25) is 5.95 Å². The first-order valence-corrected chi connectivity index (χ1v) is 10.5. The van der Waals surface area contributed by atoms with Crippen LogP contribution in [-0.4, -0.2) is 48.0 Å². The average molecular weight is 415 g/mol. The van der Waals surface area contributed by atoms with Crippen LogP contribution < -0.4 is 14.5 Å². The van der Waals surface area contributed by atoms with Crippen LogP contribution in [0.2, 0.25) is 0 Å². The van der Waals surface area contributed by atoms with Gasteiger partial charge in [0.25, 0.3) is 0 Å². The van der Waals surface area contributed by atoms with Gasteiger partial charge in [-0.3, -0.25) is 0 Å². The topological polar surface area (TPSA) is 58.6 Å². The fraction of sp³-hybridized carbons (Fsp3) is 0.522. The highest BCUT2D eigenvalue weighted by molar-refractivity contribution is 5.76. The van der Waals surface area contributed by atoms with E-state index in [4.69, 9.17) is 4.74 Å². The lowest BCUT2D eigenvalue weighted by Gasteiger charge is -2.24. The number of hydrogen-bond donors (Lipinski definition) is 0. The summed E-state index contributed by atoms with van der Waals surface area (Å²) in [4.78, 5) is 23.7. The predicted molar refractivity (Wildman–Crippen MR) is 117 cm³/mol. The molecule has 1 fully saturated rings. The molecule has 1 aliphatic heterocycles. The SMILES string of the molecule is CC(=O)C[C@@H](C)c1ccc(O[C@@H]2CCN(c3nc(N(C)C(C)C)ncc3F)C2)cc1. The van der Waals surface area contributed by atoms with Crippen molar-refractivity contribution >= 4 is 17.5 Å². The van der Waals surface area contributed by atoms with E-state index in [0.717, 1.165) is 17.7 Å². The summed E-state index contributed by atoms with van der Waals surface area (Å²) >= 11 is 0. The van der Waals surface area contributed by atoms with Gasteiger partial charge in [0, 0.05) is 32.5 Å². The molecule has 0 aliphatic carbocycles. The second-order valence-electron chi connectivity index (χ2n) is 8.40. The van der Waals surface area contributed by atoms with Gasteiger partial charge in [0.1, 0.15) is 17.6 Å². The molecule has 0 bridgehead atoms. The summed E-state index contributed by atoms with van der Waals surface area (Å²) in [6.45, 7) is 8.99. The molecule has 2 aromatic rings. The monoisotopic (exact) mass is 414 g/mol. The molecule has 0 unspecified atom stereocenters. The van der Waals surface area contributed by atoms with Crippen molar-refractivity contribution in [1.29, 1.82) is 0 Å². The van der Waals surface area contributed by atoms with Crippen LogP contribution in [0.25, 0.3) is 0 Å². The Bertz CT molecular complexity index is 872. The molecule has 2 atom stereocenters. The van der Waals surface area contributed by atoms with Gasteiger partial charge in [0.15, 0.2) is 11.6 Å². The third-order valence-electron chi connectivity index (χ3n) is 5.59. The van der Waals surface area contributed by atoms with Crippen molar-refractivity contribution in [3.63, 3.8) is 0 Å². The largest absolute Gasteiger partial charge is 0.489 e. The van der Waals surface area contributed by atoms with E-state index in [1.807, 2.05) is 61.9 Å². The lowest BCUT2D eigenvalue weighted by Crippen LogP contribution is -2.30. The summed E-state index contributed by atoms with van der Waals surface area (Å²) < 4.78 is 20.5. The number of carbonyl (C=O) groups excluding carboxylic acids is 1. The Hall–Kier alpha value is -2.70. The number of hydrogen-bond acceptors (Lipinski definition) is 6. The van der Waals surface area contributed by atoms with Gasteiger partial charge in [-0.05, 0) is 44.4 Å². The molecule has 1 aromatic heterocycles. The number of nitrogens with zero attached hydrogens (tertiary/aromatic N) is 4. The number of Topliss-reactive ketones (excluding diaryl/α,β-unsaturated/α-hetero) is 1. The smallest absolute Gasteiger partial charge is 0.227 e. The summed E-state index contributed by atoms with van der Waals surface area (Å²) in [5.74, 6) is 1.59. The first-order valence-electron chi connectivity index (χ1n) is 10.5. The normalized spacial score (nSPS) is 17.3. The maximum atomic E-state index is 14.4. The van der Waals surface area contributed by atoms with Crippen molar-refractivity contribution in [2.75, 3.05) is 29.9 Å². The van der Waals surface area contributed by atoms with E-state index in [1.54, 1.807) is 6.92 Å². The minimum atomic E-state index is -0.416. The van der Waals surface area contributed by atoms with Gasteiger partial charge >= 0.3 is 0 Å². The van der Waals surface area contributed by atoms with Crippen molar-refractivity contribution in [2.24, 2.45) is 0 Å². The molecule has 6 nitrogen and oxygen atoms in total. The Labute approximate surface area is 178 Å². The zero-order chi connectivity index (χ0) is 21.8. The highest BCUT2D eigenvalue weighted by atomic mass is 19.1. The zero-order valence-corrected chi connectivity index (χ0v) is 18.4. The lowest BCUT2D eigenvalue weighted by molar-refractivity contribution is -0.117. The summed E-state index contributed by atoms with van der Waals surface area (Å²) in [5.41, 5.74) is 1.12. The fourth-order valence-electron chi connectivity index (χ4n) is 3.60. The number of aromatic nitrogens is 2. The van der Waals surface area contributed by atoms with Crippen molar-refractivity contribution in [3.8, 4) is 5.75 Å². The molecule has 0 spiro atoms. The molecule has 7 heteroatoms. The van der Waals surface area contributed by atoms with Gasteiger partial charge in [-0.2, -0.15) is 4.98 Å². The summed E-state index contributed by atoms with van der Waals surface area (Å²) in [5, 5.41) is 0. The highest BCUT2D eigenvalue weighted by Gasteiger charge is 2.28. The zero-order valence-electron chi connectivity index (χ0n) is 18.4. The maximum absolute atomic E-state index is 14.4. The number of ketones is 1. The molecular weight excluding hydrogens is 383 g/mol. The van der Waals surface area contributed by atoms with Gasteiger partial charge in [-0.25, -0.2) is 9.37 Å². The van der Waals surface area contributed by atoms with E-state index in [0.29, 0.717) is 31.3 Å². The standard InChI is InChI=1S/C23H31FN4O2/c1-15(2)27(5)23-25-13-21(24)22(26-23)28-11-10-20(14-28)30-19-8-6-18(7-9-19)16(3)12-17(4)29/h6-9,13,15-16,20H,10-12,14H2,1-5H3/t16-,20-/m1/s1. The molecule has 0 N–H and O–H groups in total. The molecule has 1 aliphatic rings. The van der Waals surface area contributed by atoms with Crippen molar-refractivity contribution in [1.82, 2.24) is 9.97 Å². The number of carbonyl (C=O) groups is 1. The minimum absolute atomic E-state index is 0.0360. The molecule has 2 heterocycles. The fourth-order valence-corrected chi connectivity index (χ4v) is 3.60. The quantitative estimate of drug-likeness (QED) is 0.645. The van der Waals surface area contributed by atoms with Crippen LogP contribution in [0.3, 0.4) is 0 Å². The van der Waals surface area contributed by atoms with Crippen LogP contribution in [0, 0.1) is 5.82 Å². The van der Waals surface area contributed by atoms with Crippen LogP contribution in [0.5, 0.6) is 5.75 Å². The molecule has 1 saturated heterocycles. The number of rotatable bonds is 8. The van der Waals surface area contributed by atoms with E-state index in [2.05, 4.69) is 9.97 Å². The Morgan fingerprint density at radius 2 is 2.00 bits per heavy atom. The number of halogens is 1. The summed E-state index contributed by atoms with van der Waals surface area (Å²) in [6.07, 6.45) is 2.54. The van der Waals surface area contributed by atoms with Crippen molar-refractivity contribution in [3.05, 3.63) is 41.8 Å². The summed E-state index contributed by atoms with van der Waals surface area (Å²) in [6, 6.07) is 8.12. The highest BCUT2D eigenvalue weighted by Crippen LogP contribution is 2.27. The Morgan fingerprint density at radius 1 is 1.30 bits per heavy atom. The van der Waals surface area contributed by atoms with Gasteiger partial charge < -0.3 is 19.3 Å². The van der Waals surface area contributed by atoms with E-state index in [9.17, 15) is 9.18 Å². The summed E-state index contributed by atoms with van der Waals surface area (Å²) in [7, 11) is 1.90. The predicted octanol–water partition coefficient (Wildman–Crippen LogP) is 4.20. The van der Waals surface area contributed by atoms with Crippen LogP contribution in [-0.2, 0) is 4.79 Å². The molecule has 30 heavy (non-hydrogen) atoms. The van der Waals surface area contributed by atoms with Gasteiger partial charge in [-0.1, -0.05) is 19.1 Å². The van der Waals surface area contributed by atoms with Crippen LogP contribution in [0.1, 0.15) is 52.0 Å². The maximum Gasteiger partial charge on any atom is 0.227 e. The van der Waals surface area contributed by atoms with Gasteiger partial charge in [0.05, 0.1) is 12.7 Å². The number of anilines is 2. The average Bonchev–Trinajstić information content (AvgIpc) is 3.16. The Balaban J connectivity index is 1.63. The molecule has 162 valence electrons. The third kappa shape index (κ3) is 5.26. The van der Waals surface area contributed by atoms with Gasteiger partial charge in [-0.15, -0.1) is 0 Å². The molecule has 0 saturated carbocycles. The van der Waals surface area contributed by atoms with Crippen molar-refractivity contribution < 1.29 is 13.9 Å². The number of ether oxygens (including phenoxy) is 1. The second kappa shape index (κ2) is 9.41. The molecule has 0 amide bonds. The van der Waals surface area contributed by atoms with Crippen molar-refractivity contribution in [2.45, 2.75) is 58.6 Å². The first kappa shape index (κ1) is 22.0. The Morgan fingerprint density at radius 3 is 2.63 bits per heavy atom. The second-order valence-corrected chi connectivity index (χ2v) is 8.40. The third-order valence-corrected chi connectivity index (χ3v) is 5.59. The lowest BCUT2D eigenvalue weighted by atomic mass is 9.96. The van der Waals surface area contributed by atoms with Crippen LogP contribution in [0.15, 0.2) is 30.5 Å². The van der Waals surface area contributed by atoms with E-state index in [-0.39, 0.29) is 23.8 Å². The van der Waals surface area contributed by atoms with Crippen LogP contribution in [0.4, 0.5) is 16.2 Å². The first-order chi connectivity index (χ1) is 14.2. The molecular formula is C23H31FN4O2. The Kier molecular flexibility index (Phi) is 6.90. The van der Waals surface area contributed by atoms with E-state index < -0.39 is 5.82 Å². The molecule has 3 rings (SSSR count). The molecule has 0 radical (unpaired) electrons. The minimum Gasteiger partial charge on any atom is -0.489 e. The molecule has 1 aromatic carbocycles. The van der Waals surface area contributed by atoms with E-state index >= 15 is 0 Å². The number of benzene rings is 1.